The molecule has 0 aliphatic carbocycles. The number of aromatic carboxylic acids is 1. The van der Waals surface area contributed by atoms with Gasteiger partial charge in [0.2, 0.25) is 0 Å². The van der Waals surface area contributed by atoms with Crippen LogP contribution in [-0.4, -0.2) is 33.4 Å². The van der Waals surface area contributed by atoms with Crippen LogP contribution in [0.25, 0.3) is 5.69 Å². The van der Waals surface area contributed by atoms with E-state index >= 15 is 0 Å². The average Bonchev–Trinajstić information content (AvgIpc) is 2.89. The summed E-state index contributed by atoms with van der Waals surface area (Å²) in [4.78, 5) is 13.3. The summed E-state index contributed by atoms with van der Waals surface area (Å²) in [5.74, 6) is -0.130. The number of rotatable bonds is 3. The lowest BCUT2D eigenvalue weighted by atomic mass is 9.92. The van der Waals surface area contributed by atoms with Crippen LogP contribution in [0, 0.1) is 11.7 Å². The summed E-state index contributed by atoms with van der Waals surface area (Å²) < 4.78 is 14.6. The van der Waals surface area contributed by atoms with Crippen LogP contribution in [0.5, 0.6) is 0 Å². The zero-order chi connectivity index (χ0) is 15.1. The van der Waals surface area contributed by atoms with Crippen molar-refractivity contribution in [3.05, 3.63) is 41.8 Å². The van der Waals surface area contributed by atoms with E-state index in [1.807, 2.05) is 0 Å². The van der Waals surface area contributed by atoms with Gasteiger partial charge in [-0.1, -0.05) is 6.92 Å². The quantitative estimate of drug-likeness (QED) is 0.943. The smallest absolute Gasteiger partial charge is 0.356 e. The number of nitrogens with zero attached hydrogens (tertiary/aromatic N) is 3. The number of carbonyl (C=O) groups is 1. The van der Waals surface area contributed by atoms with E-state index in [9.17, 15) is 9.18 Å². The average molecular weight is 289 g/mol. The van der Waals surface area contributed by atoms with Crippen LogP contribution in [0.15, 0.2) is 30.3 Å². The Bertz CT molecular complexity index is 681. The summed E-state index contributed by atoms with van der Waals surface area (Å²) in [5, 5.41) is 13.3. The van der Waals surface area contributed by atoms with Gasteiger partial charge in [0, 0.05) is 18.7 Å². The summed E-state index contributed by atoms with van der Waals surface area (Å²) in [6.45, 7) is 5.10. The largest absolute Gasteiger partial charge is 0.476 e. The van der Waals surface area contributed by atoms with Crippen LogP contribution >= 0.6 is 0 Å². The van der Waals surface area contributed by atoms with Gasteiger partial charge in [-0.25, -0.2) is 13.9 Å². The van der Waals surface area contributed by atoms with Crippen LogP contribution in [0.2, 0.25) is 0 Å². The molecule has 0 amide bonds. The van der Waals surface area contributed by atoms with Gasteiger partial charge in [0.1, 0.15) is 11.6 Å². The molecule has 1 saturated heterocycles. The molecule has 1 N–H and O–H groups in total. The maximum atomic E-state index is 13.1. The van der Waals surface area contributed by atoms with Crippen LogP contribution in [0.3, 0.4) is 0 Å². The third kappa shape index (κ3) is 2.26. The van der Waals surface area contributed by atoms with Crippen LogP contribution in [0.1, 0.15) is 24.3 Å². The SMILES string of the molecule is CC1CN(c2cc(C(=O)O)nn2-c2ccc(F)cc2)C1C. The van der Waals surface area contributed by atoms with Crippen molar-refractivity contribution in [1.29, 1.82) is 0 Å². The van der Waals surface area contributed by atoms with Crippen molar-refractivity contribution in [2.75, 3.05) is 11.4 Å². The summed E-state index contributed by atoms with van der Waals surface area (Å²) in [6.07, 6.45) is 0. The third-order valence-corrected chi connectivity index (χ3v) is 4.07. The van der Waals surface area contributed by atoms with Crippen LogP contribution in [0.4, 0.5) is 10.2 Å². The molecule has 21 heavy (non-hydrogen) atoms. The molecule has 1 aliphatic heterocycles. The lowest BCUT2D eigenvalue weighted by Gasteiger charge is -2.46. The Morgan fingerprint density at radius 3 is 2.52 bits per heavy atom. The van der Waals surface area contributed by atoms with Crippen molar-refractivity contribution < 1.29 is 14.3 Å². The molecule has 3 rings (SSSR count). The normalized spacial score (nSPS) is 21.2. The van der Waals surface area contributed by atoms with E-state index in [1.54, 1.807) is 22.9 Å². The molecule has 2 aromatic rings. The number of hydrogen-bond donors (Lipinski definition) is 1. The molecule has 1 aliphatic rings. The van der Waals surface area contributed by atoms with Gasteiger partial charge >= 0.3 is 5.97 Å². The third-order valence-electron chi connectivity index (χ3n) is 4.07. The maximum Gasteiger partial charge on any atom is 0.356 e. The van der Waals surface area contributed by atoms with Crippen molar-refractivity contribution >= 4 is 11.8 Å². The van der Waals surface area contributed by atoms with E-state index in [2.05, 4.69) is 23.8 Å². The number of carboxylic acids is 1. The Kier molecular flexibility index (Phi) is 3.16. The van der Waals surface area contributed by atoms with Gasteiger partial charge in [-0.05, 0) is 37.1 Å². The highest BCUT2D eigenvalue weighted by Crippen LogP contribution is 2.32. The van der Waals surface area contributed by atoms with Gasteiger partial charge in [0.25, 0.3) is 0 Å². The number of hydrogen-bond acceptors (Lipinski definition) is 3. The Balaban J connectivity index is 2.06. The van der Waals surface area contributed by atoms with E-state index < -0.39 is 5.97 Å². The minimum atomic E-state index is -1.07. The monoisotopic (exact) mass is 289 g/mol. The summed E-state index contributed by atoms with van der Waals surface area (Å²) in [6, 6.07) is 7.74. The molecule has 2 atom stereocenters. The Morgan fingerprint density at radius 2 is 2.00 bits per heavy atom. The highest BCUT2D eigenvalue weighted by atomic mass is 19.1. The van der Waals surface area contributed by atoms with Gasteiger partial charge in [0.05, 0.1) is 5.69 Å². The Labute approximate surface area is 121 Å². The number of halogens is 1. The molecule has 0 saturated carbocycles. The van der Waals surface area contributed by atoms with Gasteiger partial charge in [0.15, 0.2) is 5.69 Å². The molecule has 0 bridgehead atoms. The Hall–Kier alpha value is -2.37. The van der Waals surface area contributed by atoms with Crippen molar-refractivity contribution in [2.24, 2.45) is 5.92 Å². The van der Waals surface area contributed by atoms with E-state index in [1.165, 1.54) is 12.1 Å². The molecule has 2 heterocycles. The number of anilines is 1. The number of carboxylic acid groups (broad SMARTS) is 1. The Morgan fingerprint density at radius 1 is 1.33 bits per heavy atom. The molecular formula is C15H16FN3O2. The highest BCUT2D eigenvalue weighted by Gasteiger charge is 2.35. The molecular weight excluding hydrogens is 273 g/mol. The molecule has 0 radical (unpaired) electrons. The van der Waals surface area contributed by atoms with Gasteiger partial charge in [-0.15, -0.1) is 0 Å². The van der Waals surface area contributed by atoms with Crippen molar-refractivity contribution in [1.82, 2.24) is 9.78 Å². The predicted octanol–water partition coefficient (Wildman–Crippen LogP) is 2.55. The fourth-order valence-electron chi connectivity index (χ4n) is 2.55. The topological polar surface area (TPSA) is 58.4 Å². The minimum Gasteiger partial charge on any atom is -0.476 e. The zero-order valence-corrected chi connectivity index (χ0v) is 11.8. The molecule has 5 nitrogen and oxygen atoms in total. The van der Waals surface area contributed by atoms with Gasteiger partial charge in [-0.2, -0.15) is 5.10 Å². The maximum absolute atomic E-state index is 13.1. The lowest BCUT2D eigenvalue weighted by Crippen LogP contribution is -2.54. The fraction of sp³-hybridized carbons (Fsp3) is 0.333. The van der Waals surface area contributed by atoms with Crippen molar-refractivity contribution in [3.8, 4) is 5.69 Å². The summed E-state index contributed by atoms with van der Waals surface area (Å²) in [5.41, 5.74) is 0.631. The molecule has 1 aromatic carbocycles. The van der Waals surface area contributed by atoms with Gasteiger partial charge in [-0.3, -0.25) is 0 Å². The lowest BCUT2D eigenvalue weighted by molar-refractivity contribution is 0.0690. The van der Waals surface area contributed by atoms with Crippen LogP contribution < -0.4 is 4.90 Å². The molecule has 1 aromatic heterocycles. The molecule has 0 spiro atoms. The second-order valence-electron chi connectivity index (χ2n) is 5.45. The highest BCUT2D eigenvalue weighted by molar-refractivity contribution is 5.86. The first-order chi connectivity index (χ1) is 9.97. The predicted molar refractivity (Wildman–Crippen MR) is 76.5 cm³/mol. The molecule has 110 valence electrons. The van der Waals surface area contributed by atoms with E-state index in [4.69, 9.17) is 5.11 Å². The van der Waals surface area contributed by atoms with Crippen molar-refractivity contribution in [3.63, 3.8) is 0 Å². The number of benzene rings is 1. The minimum absolute atomic E-state index is 0.0129. The summed E-state index contributed by atoms with van der Waals surface area (Å²) in [7, 11) is 0. The zero-order valence-electron chi connectivity index (χ0n) is 11.8. The first kappa shape index (κ1) is 13.6. The first-order valence-electron chi connectivity index (χ1n) is 6.83. The molecule has 2 unspecified atom stereocenters. The standard InChI is InChI=1S/C15H16FN3O2/c1-9-8-18(10(9)2)14-7-13(15(20)21)17-19(14)12-5-3-11(16)4-6-12/h3-7,9-10H,8H2,1-2H3,(H,20,21). The van der Waals surface area contributed by atoms with E-state index in [0.29, 0.717) is 17.6 Å². The number of aromatic nitrogens is 2. The fourth-order valence-corrected chi connectivity index (χ4v) is 2.55. The van der Waals surface area contributed by atoms with Crippen molar-refractivity contribution in [2.45, 2.75) is 19.9 Å². The first-order valence-corrected chi connectivity index (χ1v) is 6.83. The molecule has 1 fully saturated rings. The van der Waals surface area contributed by atoms with E-state index in [0.717, 1.165) is 12.4 Å². The van der Waals surface area contributed by atoms with E-state index in [-0.39, 0.29) is 11.5 Å². The van der Waals surface area contributed by atoms with Gasteiger partial charge < -0.3 is 10.0 Å². The second-order valence-corrected chi connectivity index (χ2v) is 5.45. The summed E-state index contributed by atoms with van der Waals surface area (Å²) >= 11 is 0. The van der Waals surface area contributed by atoms with Crippen LogP contribution in [-0.2, 0) is 0 Å². The molecule has 6 heteroatoms. The second kappa shape index (κ2) is 4.87.